The first-order chi connectivity index (χ1) is 14.0. The summed E-state index contributed by atoms with van der Waals surface area (Å²) in [7, 11) is 2.16. The molecule has 4 rings (SSSR count). The molecule has 0 bridgehead atoms. The van der Waals surface area contributed by atoms with E-state index in [0.717, 1.165) is 55.8 Å². The van der Waals surface area contributed by atoms with E-state index in [2.05, 4.69) is 41.1 Å². The summed E-state index contributed by atoms with van der Waals surface area (Å²) >= 11 is 12.2. The Morgan fingerprint density at radius 1 is 0.931 bits per heavy atom. The number of para-hydroxylation sites is 1. The Morgan fingerprint density at radius 2 is 1.69 bits per heavy atom. The van der Waals surface area contributed by atoms with Crippen LogP contribution in [0.5, 0.6) is 0 Å². The average Bonchev–Trinajstić information content (AvgIpc) is 2.73. The molecule has 0 saturated carbocycles. The van der Waals surface area contributed by atoms with Gasteiger partial charge in [0.1, 0.15) is 0 Å². The molecule has 4 nitrogen and oxygen atoms in total. The summed E-state index contributed by atoms with van der Waals surface area (Å²) in [6.07, 6.45) is 3.78. The average molecular weight is 430 g/mol. The minimum absolute atomic E-state index is 0.0443. The molecule has 0 radical (unpaired) electrons. The van der Waals surface area contributed by atoms with Crippen LogP contribution in [0.15, 0.2) is 48.0 Å². The molecule has 2 aromatic carbocycles. The predicted molar refractivity (Wildman–Crippen MR) is 122 cm³/mol. The highest BCUT2D eigenvalue weighted by Crippen LogP contribution is 2.32. The second-order valence-corrected chi connectivity index (χ2v) is 8.49. The third-order valence-corrected chi connectivity index (χ3v) is 6.41. The van der Waals surface area contributed by atoms with E-state index >= 15 is 0 Å². The van der Waals surface area contributed by atoms with E-state index in [-0.39, 0.29) is 5.91 Å². The number of piperazine rings is 1. The highest BCUT2D eigenvalue weighted by atomic mass is 35.5. The molecule has 2 aliphatic heterocycles. The number of benzene rings is 2. The molecule has 2 heterocycles. The molecular weight excluding hydrogens is 405 g/mol. The number of likely N-dealkylation sites (N-methyl/N-ethyl adjacent to an activating group) is 1. The number of carbonyl (C=O) groups excluding carboxylic acids is 1. The van der Waals surface area contributed by atoms with Gasteiger partial charge < -0.3 is 14.7 Å². The summed E-state index contributed by atoms with van der Waals surface area (Å²) in [4.78, 5) is 19.8. The number of rotatable bonds is 3. The lowest BCUT2D eigenvalue weighted by Gasteiger charge is -2.35. The second kappa shape index (κ2) is 8.78. The predicted octanol–water partition coefficient (Wildman–Crippen LogP) is 4.96. The molecule has 1 amide bonds. The third kappa shape index (κ3) is 4.45. The third-order valence-electron chi connectivity index (χ3n) is 5.67. The van der Waals surface area contributed by atoms with E-state index in [4.69, 9.17) is 23.2 Å². The summed E-state index contributed by atoms with van der Waals surface area (Å²) in [6, 6.07) is 13.7. The fourth-order valence-corrected chi connectivity index (χ4v) is 4.27. The van der Waals surface area contributed by atoms with Crippen LogP contribution in [0.1, 0.15) is 18.4 Å². The molecule has 2 aliphatic rings. The number of hydrogen-bond donors (Lipinski definition) is 0. The minimum Gasteiger partial charge on any atom is -0.368 e. The normalized spacial score (nSPS) is 19.8. The SMILES string of the molecule is CN1CCN(c2ccccc2/C=C2\CCCN(c3ccc(Cl)c(Cl)c3)C2=O)CC1. The second-order valence-electron chi connectivity index (χ2n) is 7.68. The van der Waals surface area contributed by atoms with Crippen LogP contribution in [0.4, 0.5) is 11.4 Å². The van der Waals surface area contributed by atoms with Crippen LogP contribution in [-0.4, -0.2) is 50.6 Å². The van der Waals surface area contributed by atoms with Gasteiger partial charge >= 0.3 is 0 Å². The van der Waals surface area contributed by atoms with Crippen molar-refractivity contribution in [3.05, 3.63) is 63.6 Å². The molecule has 2 aromatic rings. The van der Waals surface area contributed by atoms with Gasteiger partial charge in [-0.2, -0.15) is 0 Å². The van der Waals surface area contributed by atoms with Gasteiger partial charge in [0, 0.05) is 49.7 Å². The van der Waals surface area contributed by atoms with E-state index in [1.54, 1.807) is 17.0 Å². The summed E-state index contributed by atoms with van der Waals surface area (Å²) in [5.41, 5.74) is 3.94. The van der Waals surface area contributed by atoms with Crippen molar-refractivity contribution >= 4 is 46.6 Å². The van der Waals surface area contributed by atoms with Crippen molar-refractivity contribution in [1.29, 1.82) is 0 Å². The molecule has 0 aromatic heterocycles. The zero-order chi connectivity index (χ0) is 20.4. The van der Waals surface area contributed by atoms with Crippen molar-refractivity contribution in [2.75, 3.05) is 49.6 Å². The summed E-state index contributed by atoms with van der Waals surface area (Å²) in [5, 5.41) is 0.963. The van der Waals surface area contributed by atoms with Crippen LogP contribution in [0, 0.1) is 0 Å². The number of piperidine rings is 1. The molecule has 2 saturated heterocycles. The smallest absolute Gasteiger partial charge is 0.254 e. The Hall–Kier alpha value is -2.01. The summed E-state index contributed by atoms with van der Waals surface area (Å²) in [5.74, 6) is 0.0443. The van der Waals surface area contributed by atoms with E-state index < -0.39 is 0 Å². The molecule has 152 valence electrons. The lowest BCUT2D eigenvalue weighted by Crippen LogP contribution is -2.44. The maximum absolute atomic E-state index is 13.2. The lowest BCUT2D eigenvalue weighted by molar-refractivity contribution is -0.115. The maximum atomic E-state index is 13.2. The quantitative estimate of drug-likeness (QED) is 0.645. The molecular formula is C23H25Cl2N3O. The standard InChI is InChI=1S/C23H25Cl2N3O/c1-26-11-13-27(14-12-26)22-7-3-2-5-17(22)15-18-6-4-10-28(23(18)29)19-8-9-20(24)21(25)16-19/h2-3,5,7-9,15-16H,4,6,10-14H2,1H3/b18-15+. The fourth-order valence-electron chi connectivity index (χ4n) is 3.98. The van der Waals surface area contributed by atoms with E-state index in [9.17, 15) is 4.79 Å². The largest absolute Gasteiger partial charge is 0.368 e. The summed E-state index contributed by atoms with van der Waals surface area (Å²) in [6.45, 7) is 4.79. The van der Waals surface area contributed by atoms with Gasteiger partial charge in [-0.25, -0.2) is 0 Å². The maximum Gasteiger partial charge on any atom is 0.254 e. The van der Waals surface area contributed by atoms with Crippen molar-refractivity contribution in [2.45, 2.75) is 12.8 Å². The van der Waals surface area contributed by atoms with Crippen molar-refractivity contribution < 1.29 is 4.79 Å². The first kappa shape index (κ1) is 20.3. The van der Waals surface area contributed by atoms with Crippen LogP contribution in [0.25, 0.3) is 6.08 Å². The lowest BCUT2D eigenvalue weighted by atomic mass is 9.99. The Bertz CT molecular complexity index is 935. The number of hydrogen-bond acceptors (Lipinski definition) is 3. The van der Waals surface area contributed by atoms with Crippen molar-refractivity contribution in [3.63, 3.8) is 0 Å². The first-order valence-electron chi connectivity index (χ1n) is 10.0. The van der Waals surface area contributed by atoms with Crippen LogP contribution < -0.4 is 9.80 Å². The van der Waals surface area contributed by atoms with E-state index in [1.807, 2.05) is 12.1 Å². The van der Waals surface area contributed by atoms with Crippen LogP contribution in [0.2, 0.25) is 10.0 Å². The van der Waals surface area contributed by atoms with Gasteiger partial charge in [0.25, 0.3) is 5.91 Å². The zero-order valence-corrected chi connectivity index (χ0v) is 18.1. The van der Waals surface area contributed by atoms with Crippen molar-refractivity contribution in [1.82, 2.24) is 4.90 Å². The number of amides is 1. The van der Waals surface area contributed by atoms with Gasteiger partial charge in [0.05, 0.1) is 10.0 Å². The van der Waals surface area contributed by atoms with Gasteiger partial charge in [0.15, 0.2) is 0 Å². The Kier molecular flexibility index (Phi) is 6.14. The van der Waals surface area contributed by atoms with Crippen LogP contribution in [0.3, 0.4) is 0 Å². The van der Waals surface area contributed by atoms with Gasteiger partial charge in [-0.1, -0.05) is 41.4 Å². The van der Waals surface area contributed by atoms with Gasteiger partial charge in [-0.15, -0.1) is 0 Å². The molecule has 6 heteroatoms. The molecule has 2 fully saturated rings. The van der Waals surface area contributed by atoms with Gasteiger partial charge in [-0.3, -0.25) is 4.79 Å². The Morgan fingerprint density at radius 3 is 2.45 bits per heavy atom. The number of nitrogens with zero attached hydrogens (tertiary/aromatic N) is 3. The van der Waals surface area contributed by atoms with Gasteiger partial charge in [-0.05, 0) is 55.8 Å². The zero-order valence-electron chi connectivity index (χ0n) is 16.6. The molecule has 0 unspecified atom stereocenters. The molecule has 0 N–H and O–H groups in total. The monoisotopic (exact) mass is 429 g/mol. The van der Waals surface area contributed by atoms with Crippen LogP contribution >= 0.6 is 23.2 Å². The highest BCUT2D eigenvalue weighted by Gasteiger charge is 2.25. The van der Waals surface area contributed by atoms with Crippen molar-refractivity contribution in [3.8, 4) is 0 Å². The van der Waals surface area contributed by atoms with E-state index in [1.165, 1.54) is 5.69 Å². The fraction of sp³-hybridized carbons (Fsp3) is 0.348. The minimum atomic E-state index is 0.0443. The number of halogens is 2. The molecule has 0 atom stereocenters. The number of anilines is 2. The van der Waals surface area contributed by atoms with Crippen molar-refractivity contribution in [2.24, 2.45) is 0 Å². The Labute approximate surface area is 182 Å². The Balaban J connectivity index is 1.61. The number of carbonyl (C=O) groups is 1. The highest BCUT2D eigenvalue weighted by molar-refractivity contribution is 6.42. The molecule has 29 heavy (non-hydrogen) atoms. The summed E-state index contributed by atoms with van der Waals surface area (Å²) < 4.78 is 0. The molecule has 0 aliphatic carbocycles. The van der Waals surface area contributed by atoms with Crippen LogP contribution in [-0.2, 0) is 4.79 Å². The van der Waals surface area contributed by atoms with E-state index in [0.29, 0.717) is 16.6 Å². The topological polar surface area (TPSA) is 26.8 Å². The molecule has 0 spiro atoms. The first-order valence-corrected chi connectivity index (χ1v) is 10.8. The van der Waals surface area contributed by atoms with Gasteiger partial charge in [0.2, 0.25) is 0 Å².